The number of nitrogens with zero attached hydrogens (tertiary/aromatic N) is 2. The van der Waals surface area contributed by atoms with Gasteiger partial charge in [-0.1, -0.05) is 47.5 Å². The lowest BCUT2D eigenvalue weighted by Gasteiger charge is -2.16. The van der Waals surface area contributed by atoms with E-state index in [4.69, 9.17) is 9.73 Å². The number of hydrogen-bond acceptors (Lipinski definition) is 4. The smallest absolute Gasteiger partial charge is 0.271 e. The van der Waals surface area contributed by atoms with Crippen molar-refractivity contribution in [1.29, 1.82) is 0 Å². The summed E-state index contributed by atoms with van der Waals surface area (Å²) in [5.41, 5.74) is 5.47. The van der Waals surface area contributed by atoms with Crippen molar-refractivity contribution < 1.29 is 13.9 Å². The zero-order valence-electron chi connectivity index (χ0n) is 21.1. The SMILES string of the molecule is Cc1ccc(N=C2S/C(=C\c3cc(Br)c(OCc4ccc(F)cc4)c(Br)c3)C(=O)N2c2ccc(C)cc2)cc1. The van der Waals surface area contributed by atoms with Gasteiger partial charge in [-0.2, -0.15) is 0 Å². The van der Waals surface area contributed by atoms with E-state index in [1.807, 2.05) is 80.6 Å². The number of ether oxygens (including phenoxy) is 1. The molecule has 0 atom stereocenters. The molecule has 1 aliphatic heterocycles. The van der Waals surface area contributed by atoms with E-state index < -0.39 is 0 Å². The Morgan fingerprint density at radius 1 is 0.897 bits per heavy atom. The number of thioether (sulfide) groups is 1. The van der Waals surface area contributed by atoms with Crippen LogP contribution in [-0.2, 0) is 11.4 Å². The third kappa shape index (κ3) is 6.52. The highest BCUT2D eigenvalue weighted by Crippen LogP contribution is 2.40. The van der Waals surface area contributed by atoms with Crippen LogP contribution in [0.15, 0.2) is 104 Å². The number of rotatable bonds is 6. The van der Waals surface area contributed by atoms with Gasteiger partial charge in [-0.3, -0.25) is 9.69 Å². The number of amides is 1. The molecule has 1 amide bonds. The summed E-state index contributed by atoms with van der Waals surface area (Å²) in [6, 6.07) is 25.7. The minimum atomic E-state index is -0.286. The molecule has 1 saturated heterocycles. The van der Waals surface area contributed by atoms with Crippen LogP contribution in [0.5, 0.6) is 5.75 Å². The molecule has 0 spiro atoms. The van der Waals surface area contributed by atoms with E-state index in [2.05, 4.69) is 31.9 Å². The van der Waals surface area contributed by atoms with Gasteiger partial charge >= 0.3 is 0 Å². The summed E-state index contributed by atoms with van der Waals surface area (Å²) in [5, 5.41) is 0.594. The monoisotopic (exact) mass is 664 g/mol. The molecule has 1 aliphatic rings. The van der Waals surface area contributed by atoms with E-state index in [0.29, 0.717) is 15.8 Å². The maximum Gasteiger partial charge on any atom is 0.271 e. The first kappa shape index (κ1) is 27.4. The standard InChI is InChI=1S/C31H23Br2FN2O2S/c1-19-3-11-24(12-4-19)35-31-36(25-13-5-20(2)6-14-25)30(37)28(39-31)17-22-15-26(32)29(27(33)16-22)38-18-21-7-9-23(34)10-8-21/h3-17H,18H2,1-2H3/b28-17-,35-31?. The first-order valence-corrected chi connectivity index (χ1v) is 14.5. The van der Waals surface area contributed by atoms with Gasteiger partial charge in [0.1, 0.15) is 18.2 Å². The van der Waals surface area contributed by atoms with Crippen molar-refractivity contribution in [3.8, 4) is 5.75 Å². The van der Waals surface area contributed by atoms with Crippen molar-refractivity contribution >= 4 is 72.1 Å². The summed E-state index contributed by atoms with van der Waals surface area (Å²) >= 11 is 8.53. The molecule has 196 valence electrons. The number of amidine groups is 1. The molecule has 1 heterocycles. The lowest BCUT2D eigenvalue weighted by Crippen LogP contribution is -2.28. The van der Waals surface area contributed by atoms with Gasteiger partial charge in [0.05, 0.1) is 25.2 Å². The number of aliphatic imine (C=N–C) groups is 1. The van der Waals surface area contributed by atoms with Crippen LogP contribution in [-0.4, -0.2) is 11.1 Å². The second kappa shape index (κ2) is 11.9. The van der Waals surface area contributed by atoms with Crippen molar-refractivity contribution in [2.24, 2.45) is 4.99 Å². The van der Waals surface area contributed by atoms with Crippen LogP contribution in [0.4, 0.5) is 15.8 Å². The van der Waals surface area contributed by atoms with Crippen LogP contribution < -0.4 is 9.64 Å². The Labute approximate surface area is 247 Å². The minimum absolute atomic E-state index is 0.140. The molecule has 8 heteroatoms. The van der Waals surface area contributed by atoms with E-state index in [1.165, 1.54) is 23.9 Å². The topological polar surface area (TPSA) is 41.9 Å². The normalized spacial score (nSPS) is 15.4. The summed E-state index contributed by atoms with van der Waals surface area (Å²) in [6.45, 7) is 4.33. The Balaban J connectivity index is 1.44. The summed E-state index contributed by atoms with van der Waals surface area (Å²) in [6.07, 6.45) is 1.85. The van der Waals surface area contributed by atoms with Crippen molar-refractivity contribution in [1.82, 2.24) is 0 Å². The fourth-order valence-corrected chi connectivity index (χ4v) is 6.34. The van der Waals surface area contributed by atoms with Gasteiger partial charge in [-0.05, 0) is 123 Å². The van der Waals surface area contributed by atoms with Crippen molar-refractivity contribution in [3.05, 3.63) is 127 Å². The molecule has 0 N–H and O–H groups in total. The average molecular weight is 666 g/mol. The second-order valence-electron chi connectivity index (χ2n) is 9.05. The highest BCUT2D eigenvalue weighted by atomic mass is 79.9. The molecule has 0 aliphatic carbocycles. The van der Waals surface area contributed by atoms with Gasteiger partial charge in [-0.25, -0.2) is 9.38 Å². The molecule has 39 heavy (non-hydrogen) atoms. The van der Waals surface area contributed by atoms with Crippen molar-refractivity contribution in [2.45, 2.75) is 20.5 Å². The maximum atomic E-state index is 13.7. The van der Waals surface area contributed by atoms with E-state index in [-0.39, 0.29) is 18.3 Å². The summed E-state index contributed by atoms with van der Waals surface area (Å²) in [5.74, 6) is 0.194. The number of benzene rings is 4. The number of halogens is 3. The zero-order valence-corrected chi connectivity index (χ0v) is 25.1. The fourth-order valence-electron chi connectivity index (χ4n) is 3.89. The van der Waals surface area contributed by atoms with Crippen molar-refractivity contribution in [3.63, 3.8) is 0 Å². The molecular formula is C31H23Br2FN2O2S. The third-order valence-corrected chi connectivity index (χ3v) is 8.12. The lowest BCUT2D eigenvalue weighted by molar-refractivity contribution is -0.113. The van der Waals surface area contributed by atoms with Gasteiger partial charge < -0.3 is 4.74 Å². The highest BCUT2D eigenvalue weighted by molar-refractivity contribution is 9.11. The van der Waals surface area contributed by atoms with E-state index in [0.717, 1.165) is 42.6 Å². The summed E-state index contributed by atoms with van der Waals surface area (Å²) in [4.78, 5) is 20.7. The van der Waals surface area contributed by atoms with Crippen LogP contribution in [0.2, 0.25) is 0 Å². The molecule has 0 bridgehead atoms. The maximum absolute atomic E-state index is 13.7. The van der Waals surface area contributed by atoms with Crippen LogP contribution in [0.3, 0.4) is 0 Å². The van der Waals surface area contributed by atoms with Crippen LogP contribution in [0, 0.1) is 19.7 Å². The Hall–Kier alpha value is -3.20. The van der Waals surface area contributed by atoms with Gasteiger partial charge in [0.25, 0.3) is 5.91 Å². The number of carbonyl (C=O) groups excluding carboxylic acids is 1. The quantitative estimate of drug-likeness (QED) is 0.193. The van der Waals surface area contributed by atoms with Gasteiger partial charge in [0.2, 0.25) is 0 Å². The molecule has 4 aromatic rings. The molecule has 1 fully saturated rings. The zero-order chi connectivity index (χ0) is 27.5. The Bertz CT molecular complexity index is 1560. The molecular weight excluding hydrogens is 643 g/mol. The number of aryl methyl sites for hydroxylation is 2. The average Bonchev–Trinajstić information content (AvgIpc) is 3.20. The first-order valence-electron chi connectivity index (χ1n) is 12.1. The third-order valence-electron chi connectivity index (χ3n) is 5.97. The predicted molar refractivity (Wildman–Crippen MR) is 165 cm³/mol. The molecule has 0 radical (unpaired) electrons. The highest BCUT2D eigenvalue weighted by Gasteiger charge is 2.34. The molecule has 0 saturated carbocycles. The molecule has 0 aromatic heterocycles. The van der Waals surface area contributed by atoms with Gasteiger partial charge in [0, 0.05) is 0 Å². The molecule has 4 nitrogen and oxygen atoms in total. The second-order valence-corrected chi connectivity index (χ2v) is 11.8. The van der Waals surface area contributed by atoms with E-state index in [9.17, 15) is 9.18 Å². The largest absolute Gasteiger partial charge is 0.487 e. The van der Waals surface area contributed by atoms with Crippen LogP contribution in [0.1, 0.15) is 22.3 Å². The molecule has 0 unspecified atom stereocenters. The summed E-state index contributed by atoms with van der Waals surface area (Å²) in [7, 11) is 0. The number of hydrogen-bond donors (Lipinski definition) is 0. The minimum Gasteiger partial charge on any atom is -0.487 e. The number of carbonyl (C=O) groups is 1. The molecule has 4 aromatic carbocycles. The van der Waals surface area contributed by atoms with Gasteiger partial charge in [-0.15, -0.1) is 0 Å². The number of anilines is 1. The Morgan fingerprint density at radius 2 is 1.49 bits per heavy atom. The van der Waals surface area contributed by atoms with Crippen LogP contribution >= 0.6 is 43.6 Å². The van der Waals surface area contributed by atoms with Gasteiger partial charge in [0.15, 0.2) is 5.17 Å². The first-order chi connectivity index (χ1) is 18.8. The fraction of sp³-hybridized carbons (Fsp3) is 0.0968. The van der Waals surface area contributed by atoms with Crippen LogP contribution in [0.25, 0.3) is 6.08 Å². The van der Waals surface area contributed by atoms with E-state index >= 15 is 0 Å². The lowest BCUT2D eigenvalue weighted by atomic mass is 10.2. The predicted octanol–water partition coefficient (Wildman–Crippen LogP) is 9.36. The molecule has 5 rings (SSSR count). The summed E-state index contributed by atoms with van der Waals surface area (Å²) < 4.78 is 20.6. The Morgan fingerprint density at radius 3 is 2.10 bits per heavy atom. The Kier molecular flexibility index (Phi) is 8.35. The van der Waals surface area contributed by atoms with E-state index in [1.54, 1.807) is 17.0 Å². The van der Waals surface area contributed by atoms with Crippen molar-refractivity contribution in [2.75, 3.05) is 4.90 Å².